The third-order valence-corrected chi connectivity index (χ3v) is 7.38. The Hall–Kier alpha value is -1.39. The van der Waals surface area contributed by atoms with Crippen LogP contribution in [0.5, 0.6) is 0 Å². The number of sulfonamides is 1. The molecule has 150 valence electrons. The van der Waals surface area contributed by atoms with Gasteiger partial charge in [0.25, 0.3) is 0 Å². The summed E-state index contributed by atoms with van der Waals surface area (Å²) in [6, 6.07) is 7.15. The van der Waals surface area contributed by atoms with Crippen molar-refractivity contribution >= 4 is 33.3 Å². The van der Waals surface area contributed by atoms with E-state index in [2.05, 4.69) is 15.8 Å². The summed E-state index contributed by atoms with van der Waals surface area (Å²) >= 11 is 5.92. The molecule has 3 atom stereocenters. The number of hydrogen-bond acceptors (Lipinski definition) is 7. The van der Waals surface area contributed by atoms with Gasteiger partial charge in [0.15, 0.2) is 5.37 Å². The number of benzene rings is 1. The van der Waals surface area contributed by atoms with Gasteiger partial charge < -0.3 is 9.64 Å². The lowest BCUT2D eigenvalue weighted by molar-refractivity contribution is -0.148. The van der Waals surface area contributed by atoms with Crippen LogP contribution in [0.4, 0.5) is 5.69 Å². The molecule has 0 amide bonds. The van der Waals surface area contributed by atoms with Gasteiger partial charge in [0.1, 0.15) is 5.92 Å². The molecule has 0 aliphatic carbocycles. The lowest BCUT2D eigenvalue weighted by Crippen LogP contribution is -2.55. The summed E-state index contributed by atoms with van der Waals surface area (Å²) < 4.78 is 32.8. The first-order valence-electron chi connectivity index (χ1n) is 9.01. The normalized spacial score (nSPS) is 26.9. The number of carbonyl (C=O) groups is 1. The van der Waals surface area contributed by atoms with E-state index in [1.807, 2.05) is 24.3 Å². The smallest absolute Gasteiger partial charge is 0.313 e. The van der Waals surface area contributed by atoms with Crippen molar-refractivity contribution in [3.8, 4) is 0 Å². The fourth-order valence-electron chi connectivity index (χ4n) is 3.49. The predicted molar refractivity (Wildman–Crippen MR) is 104 cm³/mol. The van der Waals surface area contributed by atoms with Crippen molar-refractivity contribution < 1.29 is 17.9 Å². The standard InChI is InChI=1S/C17H25ClN4O4S/c1-3-26-17(23)15-12(2)19-20-16(15)27(24,25)22-10-8-21(9-11-22)14-6-4-13(18)5-7-14/h4-7,12,15-16,19-20H,3,8-11H2,1-2H3. The molecule has 8 nitrogen and oxygen atoms in total. The molecule has 27 heavy (non-hydrogen) atoms. The number of nitrogens with zero attached hydrogens (tertiary/aromatic N) is 2. The van der Waals surface area contributed by atoms with Crippen LogP contribution in [0.2, 0.25) is 5.02 Å². The van der Waals surface area contributed by atoms with Gasteiger partial charge in [-0.05, 0) is 38.1 Å². The summed E-state index contributed by atoms with van der Waals surface area (Å²) in [5.41, 5.74) is 6.65. The molecule has 3 rings (SSSR count). The van der Waals surface area contributed by atoms with Crippen LogP contribution in [0.15, 0.2) is 24.3 Å². The van der Waals surface area contributed by atoms with E-state index in [0.717, 1.165) is 5.69 Å². The van der Waals surface area contributed by atoms with Gasteiger partial charge in [-0.3, -0.25) is 10.2 Å². The maximum absolute atomic E-state index is 13.1. The molecule has 0 aromatic heterocycles. The molecular weight excluding hydrogens is 392 g/mol. The Morgan fingerprint density at radius 1 is 1.19 bits per heavy atom. The monoisotopic (exact) mass is 416 g/mol. The summed E-state index contributed by atoms with van der Waals surface area (Å²) in [7, 11) is -3.71. The van der Waals surface area contributed by atoms with Gasteiger partial charge in [0.05, 0.1) is 6.61 Å². The van der Waals surface area contributed by atoms with E-state index in [4.69, 9.17) is 16.3 Å². The fraction of sp³-hybridized carbons (Fsp3) is 0.588. The number of hydrazine groups is 1. The molecule has 2 saturated heterocycles. The van der Waals surface area contributed by atoms with Gasteiger partial charge >= 0.3 is 5.97 Å². The first kappa shape index (κ1) is 20.3. The van der Waals surface area contributed by atoms with Gasteiger partial charge in [-0.2, -0.15) is 4.31 Å². The quantitative estimate of drug-likeness (QED) is 0.686. The highest BCUT2D eigenvalue weighted by atomic mass is 35.5. The van der Waals surface area contributed by atoms with Crippen molar-refractivity contribution in [2.45, 2.75) is 25.3 Å². The van der Waals surface area contributed by atoms with Gasteiger partial charge in [-0.15, -0.1) is 0 Å². The van der Waals surface area contributed by atoms with Crippen LogP contribution in [0.1, 0.15) is 13.8 Å². The van der Waals surface area contributed by atoms with E-state index in [9.17, 15) is 13.2 Å². The summed E-state index contributed by atoms with van der Waals surface area (Å²) in [6.07, 6.45) is 0. The molecule has 0 bridgehead atoms. The van der Waals surface area contributed by atoms with Crippen molar-refractivity contribution in [2.24, 2.45) is 5.92 Å². The van der Waals surface area contributed by atoms with E-state index in [-0.39, 0.29) is 12.6 Å². The Labute approximate surface area is 164 Å². The molecule has 2 N–H and O–H groups in total. The minimum Gasteiger partial charge on any atom is -0.466 e. The summed E-state index contributed by atoms with van der Waals surface area (Å²) in [6.45, 7) is 5.54. The van der Waals surface area contributed by atoms with E-state index >= 15 is 0 Å². The zero-order valence-electron chi connectivity index (χ0n) is 15.4. The van der Waals surface area contributed by atoms with Crippen molar-refractivity contribution in [1.82, 2.24) is 15.2 Å². The number of rotatable bonds is 5. The van der Waals surface area contributed by atoms with Crippen LogP contribution in [0.25, 0.3) is 0 Å². The molecule has 2 heterocycles. The average Bonchev–Trinajstić information content (AvgIpc) is 3.05. The first-order valence-corrected chi connectivity index (χ1v) is 10.9. The first-order chi connectivity index (χ1) is 12.8. The Balaban J connectivity index is 1.69. The molecule has 2 aliphatic rings. The Kier molecular flexibility index (Phi) is 6.27. The van der Waals surface area contributed by atoms with Gasteiger partial charge in [0.2, 0.25) is 10.0 Å². The molecule has 3 unspecified atom stereocenters. The third kappa shape index (κ3) is 4.22. The number of ether oxygens (including phenoxy) is 1. The SMILES string of the molecule is CCOC(=O)C1C(C)NNC1S(=O)(=O)N1CCN(c2ccc(Cl)cc2)CC1. The second-order valence-corrected chi connectivity index (χ2v) is 9.17. The van der Waals surface area contributed by atoms with Gasteiger partial charge in [0, 0.05) is 42.9 Å². The van der Waals surface area contributed by atoms with Crippen molar-refractivity contribution in [3.05, 3.63) is 29.3 Å². The van der Waals surface area contributed by atoms with Crippen LogP contribution in [0.3, 0.4) is 0 Å². The lowest BCUT2D eigenvalue weighted by Gasteiger charge is -2.37. The van der Waals surface area contributed by atoms with Crippen molar-refractivity contribution in [3.63, 3.8) is 0 Å². The molecule has 10 heteroatoms. The van der Waals surface area contributed by atoms with Crippen LogP contribution in [-0.4, -0.2) is 62.9 Å². The van der Waals surface area contributed by atoms with E-state index in [1.165, 1.54) is 4.31 Å². The zero-order valence-corrected chi connectivity index (χ0v) is 17.0. The molecular formula is C17H25ClN4O4S. The fourth-order valence-corrected chi connectivity index (χ4v) is 5.55. The number of piperazine rings is 1. The number of carbonyl (C=O) groups excluding carboxylic acids is 1. The number of halogens is 1. The van der Waals surface area contributed by atoms with Crippen LogP contribution in [-0.2, 0) is 19.6 Å². The summed E-state index contributed by atoms with van der Waals surface area (Å²) in [5, 5.41) is -0.368. The lowest BCUT2D eigenvalue weighted by atomic mass is 10.0. The largest absolute Gasteiger partial charge is 0.466 e. The van der Waals surface area contributed by atoms with Crippen molar-refractivity contribution in [1.29, 1.82) is 0 Å². The number of anilines is 1. The minimum atomic E-state index is -3.71. The number of esters is 1. The molecule has 1 aromatic carbocycles. The highest BCUT2D eigenvalue weighted by Gasteiger charge is 2.49. The maximum Gasteiger partial charge on any atom is 0.313 e. The van der Waals surface area contributed by atoms with Gasteiger partial charge in [-0.1, -0.05) is 11.6 Å². The average molecular weight is 417 g/mol. The van der Waals surface area contributed by atoms with Crippen LogP contribution < -0.4 is 15.8 Å². The zero-order chi connectivity index (χ0) is 19.6. The molecule has 2 fully saturated rings. The maximum atomic E-state index is 13.1. The molecule has 0 spiro atoms. The second-order valence-electron chi connectivity index (χ2n) is 6.68. The van der Waals surface area contributed by atoms with Crippen LogP contribution >= 0.6 is 11.6 Å². The second kappa shape index (κ2) is 8.32. The highest BCUT2D eigenvalue weighted by Crippen LogP contribution is 2.26. The molecule has 2 aliphatic heterocycles. The topological polar surface area (TPSA) is 91.0 Å². The Bertz CT molecular complexity index is 766. The molecule has 0 radical (unpaired) electrons. The Morgan fingerprint density at radius 3 is 2.41 bits per heavy atom. The highest BCUT2D eigenvalue weighted by molar-refractivity contribution is 7.89. The van der Waals surface area contributed by atoms with E-state index in [1.54, 1.807) is 13.8 Å². The van der Waals surface area contributed by atoms with E-state index < -0.39 is 27.3 Å². The van der Waals surface area contributed by atoms with E-state index in [0.29, 0.717) is 31.2 Å². The predicted octanol–water partition coefficient (Wildman–Crippen LogP) is 0.794. The molecule has 1 aromatic rings. The van der Waals surface area contributed by atoms with Crippen molar-refractivity contribution in [2.75, 3.05) is 37.7 Å². The third-order valence-electron chi connectivity index (χ3n) is 4.99. The molecule has 0 saturated carbocycles. The number of hydrogen-bond donors (Lipinski definition) is 2. The minimum absolute atomic E-state index is 0.217. The summed E-state index contributed by atoms with van der Waals surface area (Å²) in [5.74, 6) is -1.29. The van der Waals surface area contributed by atoms with Gasteiger partial charge in [-0.25, -0.2) is 13.8 Å². The Morgan fingerprint density at radius 2 is 1.81 bits per heavy atom. The van der Waals surface area contributed by atoms with Crippen LogP contribution in [0, 0.1) is 5.92 Å². The summed E-state index contributed by atoms with van der Waals surface area (Å²) in [4.78, 5) is 14.4. The number of nitrogens with one attached hydrogen (secondary N) is 2.